The zero-order chi connectivity index (χ0) is 18.0. The molecule has 3 aliphatic carbocycles. The number of hydrogen-bond donors (Lipinski definition) is 2. The summed E-state index contributed by atoms with van der Waals surface area (Å²) in [7, 11) is 3.68. The van der Waals surface area contributed by atoms with Crippen LogP contribution >= 0.6 is 24.0 Å². The molecule has 0 saturated heterocycles. The highest BCUT2D eigenvalue weighted by Gasteiger charge is 2.52. The molecule has 0 heterocycles. The van der Waals surface area contributed by atoms with Crippen LogP contribution in [0.4, 0.5) is 0 Å². The lowest BCUT2D eigenvalue weighted by atomic mass is 9.67. The third-order valence-electron chi connectivity index (χ3n) is 7.10. The van der Waals surface area contributed by atoms with Gasteiger partial charge in [0.05, 0.1) is 0 Å². The predicted molar refractivity (Wildman–Crippen MR) is 122 cm³/mol. The highest BCUT2D eigenvalue weighted by Crippen LogP contribution is 2.59. The van der Waals surface area contributed by atoms with Crippen LogP contribution in [-0.4, -0.2) is 39.8 Å². The van der Waals surface area contributed by atoms with Crippen molar-refractivity contribution in [3.63, 3.8) is 0 Å². The van der Waals surface area contributed by atoms with Gasteiger partial charge < -0.3 is 15.4 Å². The second-order valence-electron chi connectivity index (χ2n) is 8.49. The molecule has 3 atom stereocenters. The first-order valence-electron chi connectivity index (χ1n) is 10.3. The maximum atomic E-state index is 5.30. The van der Waals surface area contributed by atoms with Crippen molar-refractivity contribution in [3.05, 3.63) is 35.4 Å². The maximum Gasteiger partial charge on any atom is 0.191 e. The van der Waals surface area contributed by atoms with Gasteiger partial charge in [0.1, 0.15) is 0 Å². The van der Waals surface area contributed by atoms with Crippen LogP contribution in [0.5, 0.6) is 0 Å². The van der Waals surface area contributed by atoms with E-state index in [9.17, 15) is 0 Å². The van der Waals surface area contributed by atoms with Crippen LogP contribution in [0.15, 0.2) is 29.3 Å². The molecular weight excluding hydrogens is 449 g/mol. The fraction of sp³-hybridized carbons (Fsp3) is 0.682. The number of benzene rings is 1. The van der Waals surface area contributed by atoms with E-state index >= 15 is 0 Å². The Labute approximate surface area is 181 Å². The van der Waals surface area contributed by atoms with Crippen molar-refractivity contribution in [2.45, 2.75) is 44.4 Å². The van der Waals surface area contributed by atoms with E-state index in [1.165, 1.54) is 32.1 Å². The summed E-state index contributed by atoms with van der Waals surface area (Å²) in [6.07, 6.45) is 7.72. The molecule has 0 aliphatic heterocycles. The first-order chi connectivity index (χ1) is 12.8. The topological polar surface area (TPSA) is 45.7 Å². The van der Waals surface area contributed by atoms with E-state index in [1.54, 1.807) is 18.2 Å². The Morgan fingerprint density at radius 3 is 2.78 bits per heavy atom. The van der Waals surface area contributed by atoms with Crippen LogP contribution < -0.4 is 10.6 Å². The third-order valence-corrected chi connectivity index (χ3v) is 7.10. The lowest BCUT2D eigenvalue weighted by molar-refractivity contribution is 0.0732. The number of halogens is 1. The quantitative estimate of drug-likeness (QED) is 0.351. The standard InChI is InChI=1S/C22H33N3O.HI/c1-23-21(25-15-22(10-5-11-22)12-13-26-2)24-14-19-18-9-8-16-6-3-4-7-17(16)20(18)19;/h3-4,6-7,18-20H,5,8-15H2,1-2H3,(H2,23,24,25);1H. The largest absolute Gasteiger partial charge is 0.385 e. The van der Waals surface area contributed by atoms with Gasteiger partial charge in [-0.2, -0.15) is 0 Å². The van der Waals surface area contributed by atoms with Gasteiger partial charge in [-0.1, -0.05) is 30.7 Å². The molecule has 27 heavy (non-hydrogen) atoms. The van der Waals surface area contributed by atoms with E-state index in [4.69, 9.17) is 4.74 Å². The number of nitrogens with zero attached hydrogens (tertiary/aromatic N) is 1. The number of methoxy groups -OCH3 is 1. The van der Waals surface area contributed by atoms with Gasteiger partial charge in [-0.05, 0) is 66.4 Å². The lowest BCUT2D eigenvalue weighted by Crippen LogP contribution is -2.47. The molecule has 0 bridgehead atoms. The minimum Gasteiger partial charge on any atom is -0.385 e. The highest BCUT2D eigenvalue weighted by atomic mass is 127. The van der Waals surface area contributed by atoms with Crippen LogP contribution in [-0.2, 0) is 11.2 Å². The molecule has 0 aromatic heterocycles. The number of ether oxygens (including phenoxy) is 1. The van der Waals surface area contributed by atoms with Gasteiger partial charge in [0.25, 0.3) is 0 Å². The van der Waals surface area contributed by atoms with Gasteiger partial charge in [-0.25, -0.2) is 0 Å². The number of aliphatic imine (C=N–C) groups is 1. The molecule has 2 fully saturated rings. The van der Waals surface area contributed by atoms with Gasteiger partial charge in [0.15, 0.2) is 5.96 Å². The van der Waals surface area contributed by atoms with E-state index in [1.807, 2.05) is 7.05 Å². The maximum absolute atomic E-state index is 5.30. The van der Waals surface area contributed by atoms with Crippen molar-refractivity contribution in [1.82, 2.24) is 10.6 Å². The van der Waals surface area contributed by atoms with Crippen LogP contribution in [0.2, 0.25) is 0 Å². The van der Waals surface area contributed by atoms with Crippen molar-refractivity contribution in [2.75, 3.05) is 33.9 Å². The van der Waals surface area contributed by atoms with Crippen LogP contribution in [0.1, 0.15) is 49.1 Å². The summed E-state index contributed by atoms with van der Waals surface area (Å²) in [6.45, 7) is 2.91. The van der Waals surface area contributed by atoms with Gasteiger partial charge in [0, 0.05) is 33.9 Å². The molecule has 1 aromatic carbocycles. The summed E-state index contributed by atoms with van der Waals surface area (Å²) < 4.78 is 5.30. The van der Waals surface area contributed by atoms with Gasteiger partial charge in [0.2, 0.25) is 0 Å². The minimum atomic E-state index is 0. The Morgan fingerprint density at radius 1 is 1.26 bits per heavy atom. The molecule has 4 rings (SSSR count). The Hall–Kier alpha value is -0.820. The van der Waals surface area contributed by atoms with Gasteiger partial charge in [-0.3, -0.25) is 4.99 Å². The third kappa shape index (κ3) is 4.44. The fourth-order valence-corrected chi connectivity index (χ4v) is 5.20. The smallest absolute Gasteiger partial charge is 0.191 e. The first kappa shape index (κ1) is 20.9. The van der Waals surface area contributed by atoms with Gasteiger partial charge >= 0.3 is 0 Å². The molecule has 0 amide bonds. The first-order valence-corrected chi connectivity index (χ1v) is 10.3. The summed E-state index contributed by atoms with van der Waals surface area (Å²) in [4.78, 5) is 4.45. The number of hydrogen-bond acceptors (Lipinski definition) is 2. The molecule has 150 valence electrons. The van der Waals surface area contributed by atoms with E-state index in [2.05, 4.69) is 39.9 Å². The summed E-state index contributed by atoms with van der Waals surface area (Å²) >= 11 is 0. The van der Waals surface area contributed by atoms with Crippen molar-refractivity contribution in [2.24, 2.45) is 22.2 Å². The Kier molecular flexibility index (Phi) is 7.06. The zero-order valence-corrected chi connectivity index (χ0v) is 19.0. The molecule has 3 aliphatic rings. The average molecular weight is 483 g/mol. The molecule has 2 N–H and O–H groups in total. The molecule has 5 heteroatoms. The SMILES string of the molecule is CN=C(NCC1C2CCc3ccccc3C21)NCC1(CCOC)CCC1.I. The van der Waals surface area contributed by atoms with Crippen molar-refractivity contribution in [3.8, 4) is 0 Å². The average Bonchev–Trinajstić information content (AvgIpc) is 3.36. The minimum absolute atomic E-state index is 0. The number of fused-ring (bicyclic) bond motifs is 3. The van der Waals surface area contributed by atoms with Crippen molar-refractivity contribution in [1.29, 1.82) is 0 Å². The van der Waals surface area contributed by atoms with Crippen LogP contribution in [0.3, 0.4) is 0 Å². The second-order valence-corrected chi connectivity index (χ2v) is 8.49. The Balaban J connectivity index is 0.00000210. The molecule has 1 aromatic rings. The molecule has 4 nitrogen and oxygen atoms in total. The lowest BCUT2D eigenvalue weighted by Gasteiger charge is -2.42. The fourth-order valence-electron chi connectivity index (χ4n) is 5.20. The summed E-state index contributed by atoms with van der Waals surface area (Å²) in [5, 5.41) is 7.19. The molecular formula is C22H34IN3O. The highest BCUT2D eigenvalue weighted by molar-refractivity contribution is 14.0. The predicted octanol–water partition coefficient (Wildman–Crippen LogP) is 3.95. The van der Waals surface area contributed by atoms with Crippen LogP contribution in [0.25, 0.3) is 0 Å². The molecule has 0 spiro atoms. The zero-order valence-electron chi connectivity index (χ0n) is 16.7. The van der Waals surface area contributed by atoms with E-state index in [-0.39, 0.29) is 24.0 Å². The van der Waals surface area contributed by atoms with E-state index in [0.717, 1.165) is 49.8 Å². The Morgan fingerprint density at radius 2 is 2.07 bits per heavy atom. The van der Waals surface area contributed by atoms with Gasteiger partial charge in [-0.15, -0.1) is 24.0 Å². The van der Waals surface area contributed by atoms with Crippen molar-refractivity contribution < 1.29 is 4.74 Å². The van der Waals surface area contributed by atoms with Crippen molar-refractivity contribution >= 4 is 29.9 Å². The number of aryl methyl sites for hydroxylation is 1. The number of guanidine groups is 1. The van der Waals surface area contributed by atoms with E-state index < -0.39 is 0 Å². The molecule has 2 saturated carbocycles. The van der Waals surface area contributed by atoms with E-state index in [0.29, 0.717) is 5.41 Å². The monoisotopic (exact) mass is 483 g/mol. The Bertz CT molecular complexity index is 659. The molecule has 0 radical (unpaired) electrons. The molecule has 3 unspecified atom stereocenters. The summed E-state index contributed by atoms with van der Waals surface area (Å²) in [5.74, 6) is 3.37. The number of nitrogens with one attached hydrogen (secondary N) is 2. The summed E-state index contributed by atoms with van der Waals surface area (Å²) in [6, 6.07) is 9.03. The summed E-state index contributed by atoms with van der Waals surface area (Å²) in [5.41, 5.74) is 3.59. The number of rotatable bonds is 7. The second kappa shape index (κ2) is 9.12. The van der Waals surface area contributed by atoms with Crippen LogP contribution in [0, 0.1) is 17.3 Å². The normalized spacial score (nSPS) is 27.5.